The van der Waals surface area contributed by atoms with Crippen molar-refractivity contribution in [3.05, 3.63) is 59.7 Å². The Morgan fingerprint density at radius 1 is 1.03 bits per heavy atom. The molecule has 1 fully saturated rings. The van der Waals surface area contributed by atoms with Crippen molar-refractivity contribution in [2.24, 2.45) is 0 Å². The number of amides is 2. The highest BCUT2D eigenvalue weighted by Crippen LogP contribution is 2.44. The van der Waals surface area contributed by atoms with Gasteiger partial charge in [-0.15, -0.1) is 0 Å². The first-order chi connectivity index (χ1) is 15.5. The Bertz CT molecular complexity index is 978. The molecule has 0 bridgehead atoms. The van der Waals surface area contributed by atoms with Crippen LogP contribution in [0.4, 0.5) is 4.79 Å². The highest BCUT2D eigenvalue weighted by molar-refractivity contribution is 5.84. The lowest BCUT2D eigenvalue weighted by atomic mass is 9.98. The molecule has 2 amide bonds. The number of likely N-dealkylation sites (tertiary alicyclic amines) is 1. The number of fused-ring (bicyclic) bond motifs is 3. The van der Waals surface area contributed by atoms with Crippen molar-refractivity contribution in [1.82, 2.24) is 10.2 Å². The van der Waals surface area contributed by atoms with Crippen molar-refractivity contribution in [2.45, 2.75) is 37.3 Å². The van der Waals surface area contributed by atoms with Crippen LogP contribution >= 0.6 is 0 Å². The maximum atomic E-state index is 12.3. The fraction of sp³-hybridized carbons (Fsp3) is 0.375. The molecule has 0 aromatic heterocycles. The summed E-state index contributed by atoms with van der Waals surface area (Å²) in [5, 5.41) is 21.5. The minimum absolute atomic E-state index is 0.0234. The van der Waals surface area contributed by atoms with Gasteiger partial charge in [-0.25, -0.2) is 9.59 Å². The number of nitrogens with one attached hydrogen (secondary N) is 1. The van der Waals surface area contributed by atoms with E-state index in [2.05, 4.69) is 17.4 Å². The molecule has 2 aromatic carbocycles. The van der Waals surface area contributed by atoms with Crippen LogP contribution in [-0.4, -0.2) is 64.9 Å². The maximum Gasteiger partial charge on any atom is 0.407 e. The number of β-amino-alcohol motifs (C(OH)–C–C–N with tert-alkyl or cyclic N) is 1. The zero-order valence-electron chi connectivity index (χ0n) is 17.6. The maximum absolute atomic E-state index is 12.3. The second kappa shape index (κ2) is 9.40. The third-order valence-electron chi connectivity index (χ3n) is 6.06. The molecular formula is C24H26N2O6. The van der Waals surface area contributed by atoms with Crippen molar-refractivity contribution in [3.63, 3.8) is 0 Å². The first-order valence-corrected chi connectivity index (χ1v) is 10.7. The van der Waals surface area contributed by atoms with Crippen LogP contribution < -0.4 is 5.32 Å². The number of hydrogen-bond acceptors (Lipinski definition) is 5. The van der Waals surface area contributed by atoms with Gasteiger partial charge in [-0.1, -0.05) is 48.5 Å². The Kier molecular flexibility index (Phi) is 6.41. The molecule has 0 radical (unpaired) electrons. The van der Waals surface area contributed by atoms with Gasteiger partial charge in [0.15, 0.2) is 0 Å². The number of carboxylic acid groups (broad SMARTS) is 1. The van der Waals surface area contributed by atoms with Crippen LogP contribution in [0.5, 0.6) is 0 Å². The molecule has 1 aliphatic carbocycles. The molecule has 32 heavy (non-hydrogen) atoms. The predicted octanol–water partition coefficient (Wildman–Crippen LogP) is 2.35. The topological polar surface area (TPSA) is 116 Å². The molecule has 1 aliphatic heterocycles. The molecule has 8 heteroatoms. The van der Waals surface area contributed by atoms with Crippen LogP contribution in [0.3, 0.4) is 0 Å². The minimum Gasteiger partial charge on any atom is -0.480 e. The second-order valence-corrected chi connectivity index (χ2v) is 8.15. The summed E-state index contributed by atoms with van der Waals surface area (Å²) in [6.45, 7) is 0.469. The molecule has 4 rings (SSSR count). The van der Waals surface area contributed by atoms with E-state index >= 15 is 0 Å². The summed E-state index contributed by atoms with van der Waals surface area (Å²) in [5.41, 5.74) is 4.57. The zero-order valence-corrected chi connectivity index (χ0v) is 17.6. The van der Waals surface area contributed by atoms with E-state index in [1.807, 2.05) is 36.4 Å². The normalized spacial score (nSPS) is 19.3. The van der Waals surface area contributed by atoms with Gasteiger partial charge in [0, 0.05) is 31.8 Å². The smallest absolute Gasteiger partial charge is 0.407 e. The Balaban J connectivity index is 1.23. The van der Waals surface area contributed by atoms with E-state index in [9.17, 15) is 24.6 Å². The van der Waals surface area contributed by atoms with Gasteiger partial charge >= 0.3 is 12.1 Å². The van der Waals surface area contributed by atoms with Crippen molar-refractivity contribution >= 4 is 18.0 Å². The standard InChI is InChI=1S/C24H26N2O6/c27-15-12-21(23(29)30)26(13-15)22(28)10-5-11-25-24(31)32-14-20-18-8-3-1-6-16(18)17-7-2-4-9-19(17)20/h1-4,6-9,15,20-21,27H,5,10-14H2,(H,25,31)(H,29,30)/t15-,21-/m0/s1. The largest absolute Gasteiger partial charge is 0.480 e. The molecule has 0 spiro atoms. The second-order valence-electron chi connectivity index (χ2n) is 8.15. The van der Waals surface area contributed by atoms with Crippen LogP contribution in [0, 0.1) is 0 Å². The number of aliphatic hydroxyl groups is 1. The number of rotatable bonds is 7. The Labute approximate surface area is 185 Å². The molecule has 2 atom stereocenters. The van der Waals surface area contributed by atoms with Gasteiger partial charge in [-0.2, -0.15) is 0 Å². The van der Waals surface area contributed by atoms with Crippen LogP contribution in [0.2, 0.25) is 0 Å². The third-order valence-corrected chi connectivity index (χ3v) is 6.06. The highest BCUT2D eigenvalue weighted by atomic mass is 16.5. The number of nitrogens with zero attached hydrogens (tertiary/aromatic N) is 1. The number of aliphatic carboxylic acids is 1. The van der Waals surface area contributed by atoms with Crippen LogP contribution in [0.1, 0.15) is 36.3 Å². The SMILES string of the molecule is O=C(NCCCC(=O)N1C[C@@H](O)C[C@H]1C(=O)O)OCC1c2ccccc2-c2ccccc21. The molecule has 2 aliphatic rings. The minimum atomic E-state index is -1.12. The number of alkyl carbamates (subject to hydrolysis) is 1. The van der Waals surface area contributed by atoms with Crippen molar-refractivity contribution in [3.8, 4) is 11.1 Å². The van der Waals surface area contributed by atoms with Gasteiger partial charge in [-0.05, 0) is 28.7 Å². The summed E-state index contributed by atoms with van der Waals surface area (Å²) in [4.78, 5) is 36.9. The quantitative estimate of drug-likeness (QED) is 0.572. The lowest BCUT2D eigenvalue weighted by Crippen LogP contribution is -2.40. The molecule has 1 saturated heterocycles. The van der Waals surface area contributed by atoms with E-state index in [1.165, 1.54) is 4.90 Å². The number of ether oxygens (including phenoxy) is 1. The van der Waals surface area contributed by atoms with Gasteiger partial charge in [0.05, 0.1) is 6.10 Å². The van der Waals surface area contributed by atoms with E-state index in [4.69, 9.17) is 4.74 Å². The summed E-state index contributed by atoms with van der Waals surface area (Å²) in [6, 6.07) is 15.2. The summed E-state index contributed by atoms with van der Waals surface area (Å²) in [5.74, 6) is -1.49. The Hall–Kier alpha value is -3.39. The lowest BCUT2D eigenvalue weighted by Gasteiger charge is -2.21. The lowest BCUT2D eigenvalue weighted by molar-refractivity contribution is -0.148. The van der Waals surface area contributed by atoms with Crippen LogP contribution in [0.25, 0.3) is 11.1 Å². The molecule has 168 valence electrons. The van der Waals surface area contributed by atoms with Gasteiger partial charge in [-0.3, -0.25) is 4.79 Å². The first-order valence-electron chi connectivity index (χ1n) is 10.7. The van der Waals surface area contributed by atoms with E-state index in [0.717, 1.165) is 22.3 Å². The Morgan fingerprint density at radius 3 is 2.28 bits per heavy atom. The average molecular weight is 438 g/mol. The van der Waals surface area contributed by atoms with E-state index in [1.54, 1.807) is 0 Å². The van der Waals surface area contributed by atoms with Crippen molar-refractivity contribution < 1.29 is 29.3 Å². The van der Waals surface area contributed by atoms with Crippen LogP contribution in [-0.2, 0) is 14.3 Å². The fourth-order valence-electron chi connectivity index (χ4n) is 4.55. The molecule has 3 N–H and O–H groups in total. The third kappa shape index (κ3) is 4.45. The van der Waals surface area contributed by atoms with Gasteiger partial charge in [0.2, 0.25) is 5.91 Å². The van der Waals surface area contributed by atoms with Crippen LogP contribution in [0.15, 0.2) is 48.5 Å². The summed E-state index contributed by atoms with van der Waals surface area (Å²) in [7, 11) is 0. The number of benzene rings is 2. The first kappa shape index (κ1) is 21.8. The van der Waals surface area contributed by atoms with E-state index in [0.29, 0.717) is 6.42 Å². The van der Waals surface area contributed by atoms with Gasteiger partial charge in [0.25, 0.3) is 0 Å². The molecule has 0 saturated carbocycles. The molecule has 0 unspecified atom stereocenters. The zero-order chi connectivity index (χ0) is 22.7. The summed E-state index contributed by atoms with van der Waals surface area (Å²) < 4.78 is 5.45. The summed E-state index contributed by atoms with van der Waals surface area (Å²) in [6.07, 6.45) is -0.903. The highest BCUT2D eigenvalue weighted by Gasteiger charge is 2.38. The Morgan fingerprint density at radius 2 is 1.66 bits per heavy atom. The number of carboxylic acids is 1. The fourth-order valence-corrected chi connectivity index (χ4v) is 4.55. The van der Waals surface area contributed by atoms with Crippen molar-refractivity contribution in [2.75, 3.05) is 19.7 Å². The average Bonchev–Trinajstić information content (AvgIpc) is 3.34. The number of hydrogen-bond donors (Lipinski definition) is 3. The number of carbonyl (C=O) groups is 3. The van der Waals surface area contributed by atoms with Crippen molar-refractivity contribution in [1.29, 1.82) is 0 Å². The van der Waals surface area contributed by atoms with Gasteiger partial charge < -0.3 is 25.2 Å². The predicted molar refractivity (Wildman–Crippen MR) is 116 cm³/mol. The number of aliphatic hydroxyl groups excluding tert-OH is 1. The van der Waals surface area contributed by atoms with E-state index in [-0.39, 0.29) is 44.4 Å². The molecule has 2 aromatic rings. The number of carbonyl (C=O) groups excluding carboxylic acids is 2. The van der Waals surface area contributed by atoms with E-state index < -0.39 is 24.2 Å². The molecule has 8 nitrogen and oxygen atoms in total. The monoisotopic (exact) mass is 438 g/mol. The molecule has 1 heterocycles. The molecular weight excluding hydrogens is 412 g/mol. The summed E-state index contributed by atoms with van der Waals surface area (Å²) >= 11 is 0. The van der Waals surface area contributed by atoms with Gasteiger partial charge in [0.1, 0.15) is 12.6 Å².